The van der Waals surface area contributed by atoms with Crippen LogP contribution in [-0.4, -0.2) is 55.0 Å². The van der Waals surface area contributed by atoms with E-state index in [1.165, 1.54) is 25.3 Å². The average molecular weight is 475 g/mol. The van der Waals surface area contributed by atoms with Gasteiger partial charge in [-0.25, -0.2) is 0 Å². The van der Waals surface area contributed by atoms with Crippen LogP contribution in [0.2, 0.25) is 5.02 Å². The van der Waals surface area contributed by atoms with E-state index < -0.39 is 0 Å². The second-order valence-electron chi connectivity index (χ2n) is 9.98. The number of halogens is 1. The number of hydrogen-bond donors (Lipinski definition) is 3. The Morgan fingerprint density at radius 1 is 1.21 bits per heavy atom. The number of hydrogen-bond acceptors (Lipinski definition) is 4. The van der Waals surface area contributed by atoms with E-state index in [9.17, 15) is 9.59 Å². The van der Waals surface area contributed by atoms with Crippen LogP contribution in [0.4, 0.5) is 0 Å². The molecule has 1 aliphatic carbocycles. The van der Waals surface area contributed by atoms with Gasteiger partial charge in [-0.1, -0.05) is 37.6 Å². The number of rotatable bonds is 8. The summed E-state index contributed by atoms with van der Waals surface area (Å²) in [4.78, 5) is 27.6. The first-order chi connectivity index (χ1) is 15.8. The molecule has 6 nitrogen and oxygen atoms in total. The van der Waals surface area contributed by atoms with Crippen LogP contribution in [0, 0.1) is 17.8 Å². The van der Waals surface area contributed by atoms with E-state index in [-0.39, 0.29) is 23.9 Å². The summed E-state index contributed by atoms with van der Waals surface area (Å²) in [5.41, 5.74) is 6.73. The molecule has 182 valence electrons. The predicted molar refractivity (Wildman–Crippen MR) is 135 cm³/mol. The van der Waals surface area contributed by atoms with Crippen molar-refractivity contribution in [3.8, 4) is 0 Å². The van der Waals surface area contributed by atoms with Crippen molar-refractivity contribution >= 4 is 29.5 Å². The molecule has 7 heteroatoms. The third-order valence-electron chi connectivity index (χ3n) is 6.82. The number of carbonyl (C=O) groups is 2. The molecule has 2 aliphatic rings. The lowest BCUT2D eigenvalue weighted by atomic mass is 9.76. The second kappa shape index (κ2) is 12.5. The van der Waals surface area contributed by atoms with Crippen LogP contribution in [0.1, 0.15) is 51.5 Å². The van der Waals surface area contributed by atoms with Gasteiger partial charge < -0.3 is 21.3 Å². The molecule has 1 aromatic rings. The van der Waals surface area contributed by atoms with Crippen LogP contribution < -0.4 is 16.4 Å². The summed E-state index contributed by atoms with van der Waals surface area (Å²) < 4.78 is 0. The summed E-state index contributed by atoms with van der Waals surface area (Å²) in [5, 5.41) is 7.10. The lowest BCUT2D eigenvalue weighted by Crippen LogP contribution is -2.50. The summed E-state index contributed by atoms with van der Waals surface area (Å²) in [6.45, 7) is 7.13. The highest BCUT2D eigenvalue weighted by molar-refractivity contribution is 6.30. The van der Waals surface area contributed by atoms with Gasteiger partial charge in [-0.3, -0.25) is 9.59 Å². The first kappa shape index (κ1) is 25.7. The highest BCUT2D eigenvalue weighted by atomic mass is 35.5. The van der Waals surface area contributed by atoms with Gasteiger partial charge in [-0.15, -0.1) is 0 Å². The molecule has 1 aromatic carbocycles. The third kappa shape index (κ3) is 8.13. The van der Waals surface area contributed by atoms with E-state index >= 15 is 0 Å². The molecule has 0 spiro atoms. The summed E-state index contributed by atoms with van der Waals surface area (Å²) in [7, 11) is 0. The fourth-order valence-electron chi connectivity index (χ4n) is 5.40. The van der Waals surface area contributed by atoms with E-state index in [0.717, 1.165) is 30.4 Å². The third-order valence-corrected chi connectivity index (χ3v) is 7.08. The first-order valence-corrected chi connectivity index (χ1v) is 12.7. The first-order valence-electron chi connectivity index (χ1n) is 12.3. The van der Waals surface area contributed by atoms with Crippen LogP contribution in [0.25, 0.3) is 6.08 Å². The van der Waals surface area contributed by atoms with Gasteiger partial charge in [0.05, 0.1) is 6.04 Å². The molecule has 2 amide bonds. The van der Waals surface area contributed by atoms with Gasteiger partial charge in [0, 0.05) is 36.8 Å². The summed E-state index contributed by atoms with van der Waals surface area (Å²) in [6.07, 6.45) is 8.39. The summed E-state index contributed by atoms with van der Waals surface area (Å²) >= 11 is 5.90. The monoisotopic (exact) mass is 474 g/mol. The minimum Gasteiger partial charge on any atom is -0.351 e. The van der Waals surface area contributed by atoms with Crippen molar-refractivity contribution < 1.29 is 9.59 Å². The molecule has 1 saturated carbocycles. The quantitative estimate of drug-likeness (QED) is 0.503. The van der Waals surface area contributed by atoms with Crippen LogP contribution in [0.3, 0.4) is 0 Å². The Balaban J connectivity index is 1.54. The van der Waals surface area contributed by atoms with Gasteiger partial charge in [-0.2, -0.15) is 0 Å². The number of nitrogens with one attached hydrogen (secondary N) is 2. The Bertz CT molecular complexity index is 803. The molecular weight excluding hydrogens is 436 g/mol. The molecule has 3 rings (SSSR count). The molecule has 0 aromatic heterocycles. The van der Waals surface area contributed by atoms with E-state index in [1.54, 1.807) is 18.2 Å². The molecule has 0 bridgehead atoms. The normalized spacial score (nSPS) is 28.7. The molecule has 4 atom stereocenters. The van der Waals surface area contributed by atoms with Crippen molar-refractivity contribution in [2.45, 2.75) is 58.0 Å². The fourth-order valence-corrected chi connectivity index (χ4v) is 5.53. The number of nitrogens with two attached hydrogens (primary N) is 1. The minimum absolute atomic E-state index is 0.0348. The minimum atomic E-state index is -0.289. The molecule has 1 saturated heterocycles. The lowest BCUT2D eigenvalue weighted by molar-refractivity contribution is -0.133. The van der Waals surface area contributed by atoms with Crippen molar-refractivity contribution in [2.24, 2.45) is 23.5 Å². The molecule has 0 radical (unpaired) electrons. The van der Waals surface area contributed by atoms with Gasteiger partial charge in [-0.05, 0) is 80.2 Å². The highest BCUT2D eigenvalue weighted by Crippen LogP contribution is 2.33. The van der Waals surface area contributed by atoms with Crippen molar-refractivity contribution in [3.05, 3.63) is 40.9 Å². The predicted octanol–water partition coefficient (Wildman–Crippen LogP) is 3.45. The zero-order valence-electron chi connectivity index (χ0n) is 19.9. The molecule has 2 unspecified atom stereocenters. The van der Waals surface area contributed by atoms with Gasteiger partial charge >= 0.3 is 0 Å². The Kier molecular flexibility index (Phi) is 9.78. The Hall–Kier alpha value is -1.89. The van der Waals surface area contributed by atoms with Crippen molar-refractivity contribution in [3.63, 3.8) is 0 Å². The van der Waals surface area contributed by atoms with Crippen LogP contribution in [0.5, 0.6) is 0 Å². The van der Waals surface area contributed by atoms with Gasteiger partial charge in [0.25, 0.3) is 0 Å². The standard InChI is InChI=1S/C26H39ClN4O2/c1-18-13-19(2)15-21(14-18)17-31-12-10-23(30-24(9-11-28)26(31)33)16-29-25(32)8-5-20-3-6-22(27)7-4-20/h3-8,18-19,21,23-24,30H,9-17,28H2,1-2H3,(H,29,32)/b8-5+/t18?,19?,21?,23-,24-/m0/s1. The zero-order chi connectivity index (χ0) is 23.8. The van der Waals surface area contributed by atoms with E-state index in [2.05, 4.69) is 24.5 Å². The number of amides is 2. The summed E-state index contributed by atoms with van der Waals surface area (Å²) in [6, 6.07) is 7.07. The van der Waals surface area contributed by atoms with Crippen molar-refractivity contribution in [1.29, 1.82) is 0 Å². The summed E-state index contributed by atoms with van der Waals surface area (Å²) in [5.74, 6) is 2.02. The van der Waals surface area contributed by atoms with Crippen LogP contribution >= 0.6 is 11.6 Å². The zero-order valence-corrected chi connectivity index (χ0v) is 20.7. The largest absolute Gasteiger partial charge is 0.351 e. The molecule has 4 N–H and O–H groups in total. The Labute approximate surface area is 203 Å². The number of nitrogens with zero attached hydrogens (tertiary/aromatic N) is 1. The van der Waals surface area contributed by atoms with Gasteiger partial charge in [0.2, 0.25) is 11.8 Å². The lowest BCUT2D eigenvalue weighted by Gasteiger charge is -2.35. The molecule has 2 fully saturated rings. The SMILES string of the molecule is CC1CC(C)CC(CN2CC[C@@H](CNC(=O)/C=C/c3ccc(Cl)cc3)N[C@@H](CCN)C2=O)C1. The number of benzene rings is 1. The van der Waals surface area contributed by atoms with Gasteiger partial charge in [0.1, 0.15) is 0 Å². The van der Waals surface area contributed by atoms with E-state index in [4.69, 9.17) is 17.3 Å². The van der Waals surface area contributed by atoms with E-state index in [1.807, 2.05) is 17.0 Å². The highest BCUT2D eigenvalue weighted by Gasteiger charge is 2.33. The molecule has 1 aliphatic heterocycles. The van der Waals surface area contributed by atoms with Crippen LogP contribution in [-0.2, 0) is 9.59 Å². The van der Waals surface area contributed by atoms with Gasteiger partial charge in [0.15, 0.2) is 0 Å². The number of carbonyl (C=O) groups excluding carboxylic acids is 2. The van der Waals surface area contributed by atoms with Crippen molar-refractivity contribution in [1.82, 2.24) is 15.5 Å². The smallest absolute Gasteiger partial charge is 0.244 e. The van der Waals surface area contributed by atoms with E-state index in [0.29, 0.717) is 37.0 Å². The maximum atomic E-state index is 13.2. The molecule has 33 heavy (non-hydrogen) atoms. The Morgan fingerprint density at radius 3 is 2.58 bits per heavy atom. The average Bonchev–Trinajstić information content (AvgIpc) is 2.91. The maximum absolute atomic E-state index is 13.2. The van der Waals surface area contributed by atoms with Crippen LogP contribution in [0.15, 0.2) is 30.3 Å². The molecule has 1 heterocycles. The maximum Gasteiger partial charge on any atom is 0.244 e. The second-order valence-corrected chi connectivity index (χ2v) is 10.4. The molecular formula is C26H39ClN4O2. The van der Waals surface area contributed by atoms with Crippen molar-refractivity contribution in [2.75, 3.05) is 26.2 Å². The Morgan fingerprint density at radius 2 is 1.91 bits per heavy atom. The fraction of sp³-hybridized carbons (Fsp3) is 0.615. The topological polar surface area (TPSA) is 87.5 Å².